The number of hydrogen-bond donors (Lipinski definition) is 3. The van der Waals surface area contributed by atoms with E-state index in [0.29, 0.717) is 19.2 Å². The van der Waals surface area contributed by atoms with Gasteiger partial charge in [-0.15, -0.1) is 0 Å². The summed E-state index contributed by atoms with van der Waals surface area (Å²) in [6.07, 6.45) is 5.01. The molecule has 9 nitrogen and oxygen atoms in total. The van der Waals surface area contributed by atoms with Crippen LogP contribution in [0.5, 0.6) is 0 Å². The molecule has 3 N–H and O–H groups in total. The Labute approximate surface area is 198 Å². The number of rotatable bonds is 8. The van der Waals surface area contributed by atoms with Gasteiger partial charge in [-0.25, -0.2) is 9.97 Å². The molecule has 0 radical (unpaired) electrons. The van der Waals surface area contributed by atoms with E-state index < -0.39 is 11.4 Å². The Morgan fingerprint density at radius 1 is 1.00 bits per heavy atom. The maximum Gasteiger partial charge on any atom is 0.303 e. The zero-order chi connectivity index (χ0) is 23.5. The van der Waals surface area contributed by atoms with E-state index in [9.17, 15) is 14.7 Å². The smallest absolute Gasteiger partial charge is 0.303 e. The number of nitrogens with one attached hydrogen (secondary N) is 2. The topological polar surface area (TPSA) is 123 Å². The summed E-state index contributed by atoms with van der Waals surface area (Å²) in [5.41, 5.74) is 1.40. The van der Waals surface area contributed by atoms with E-state index in [0.717, 1.165) is 36.9 Å². The lowest BCUT2D eigenvalue weighted by Gasteiger charge is -2.27. The maximum absolute atomic E-state index is 12.8. The Balaban J connectivity index is 1.19. The summed E-state index contributed by atoms with van der Waals surface area (Å²) >= 11 is 0. The van der Waals surface area contributed by atoms with Crippen LogP contribution in [-0.2, 0) is 19.1 Å². The van der Waals surface area contributed by atoms with Crippen molar-refractivity contribution in [3.63, 3.8) is 0 Å². The molecule has 9 heteroatoms. The standard InChI is InChI=1S/C25H30N4O5/c30-20(12-25(13-21(31)32)9-4-5-10-25)27-18-14-33-23-19(15-34-22(18)23)29-24-26-11-8-17(28-24)16-6-2-1-3-7-16/h1-3,6-8,11,18-19,22-23H,4-5,9-10,12-15H2,(H,27,30)(H,31,32)(H,26,28,29)/t18-,19-,22+,23+/m0/s1. The molecule has 3 aliphatic rings. The summed E-state index contributed by atoms with van der Waals surface area (Å²) in [7, 11) is 0. The fourth-order valence-electron chi connectivity index (χ4n) is 5.57. The summed E-state index contributed by atoms with van der Waals surface area (Å²) in [5.74, 6) is -0.467. The van der Waals surface area contributed by atoms with Gasteiger partial charge in [0.05, 0.1) is 37.4 Å². The molecule has 3 heterocycles. The molecule has 1 amide bonds. The Morgan fingerprint density at radius 3 is 2.44 bits per heavy atom. The van der Waals surface area contributed by atoms with Gasteiger partial charge in [-0.2, -0.15) is 0 Å². The number of nitrogens with zero attached hydrogens (tertiary/aromatic N) is 2. The van der Waals surface area contributed by atoms with Crippen molar-refractivity contribution in [2.45, 2.75) is 62.8 Å². The number of amides is 1. The number of benzene rings is 1. The monoisotopic (exact) mass is 466 g/mol. The highest BCUT2D eigenvalue weighted by atomic mass is 16.6. The quantitative estimate of drug-likeness (QED) is 0.543. The highest BCUT2D eigenvalue weighted by Gasteiger charge is 2.49. The van der Waals surface area contributed by atoms with Gasteiger partial charge in [-0.3, -0.25) is 9.59 Å². The molecule has 0 bridgehead atoms. The second-order valence-corrected chi connectivity index (χ2v) is 9.61. The molecule has 3 fully saturated rings. The number of fused-ring (bicyclic) bond motifs is 1. The normalized spacial score (nSPS) is 27.3. The molecule has 1 aromatic carbocycles. The van der Waals surface area contributed by atoms with Crippen LogP contribution in [0.2, 0.25) is 0 Å². The van der Waals surface area contributed by atoms with Crippen LogP contribution < -0.4 is 10.6 Å². The van der Waals surface area contributed by atoms with Gasteiger partial charge in [0.1, 0.15) is 12.2 Å². The Bertz CT molecular complexity index is 1030. The molecule has 5 rings (SSSR count). The van der Waals surface area contributed by atoms with E-state index in [-0.39, 0.29) is 43.0 Å². The van der Waals surface area contributed by atoms with E-state index in [4.69, 9.17) is 9.47 Å². The number of carboxylic acid groups (broad SMARTS) is 1. The van der Waals surface area contributed by atoms with Crippen molar-refractivity contribution >= 4 is 17.8 Å². The summed E-state index contributed by atoms with van der Waals surface area (Å²) < 4.78 is 12.0. The molecule has 0 spiro atoms. The predicted octanol–water partition coefficient (Wildman–Crippen LogP) is 2.63. The SMILES string of the molecule is O=C(O)CC1(CC(=O)N[C@H]2CO[C@H]3[C@@H]2OC[C@@H]3Nc2nccc(-c3ccccc3)n2)CCCC1. The second kappa shape index (κ2) is 9.68. The molecule has 4 atom stereocenters. The average Bonchev–Trinajstić information content (AvgIpc) is 3.53. The van der Waals surface area contributed by atoms with Crippen molar-refractivity contribution in [1.29, 1.82) is 0 Å². The first-order valence-corrected chi connectivity index (χ1v) is 11.9. The third kappa shape index (κ3) is 4.90. The van der Waals surface area contributed by atoms with E-state index >= 15 is 0 Å². The van der Waals surface area contributed by atoms with Crippen LogP contribution in [0.3, 0.4) is 0 Å². The van der Waals surface area contributed by atoms with Crippen LogP contribution in [-0.4, -0.2) is 64.5 Å². The van der Waals surface area contributed by atoms with Crippen LogP contribution in [0.25, 0.3) is 11.3 Å². The summed E-state index contributed by atoms with van der Waals surface area (Å²) in [5, 5.41) is 15.7. The van der Waals surface area contributed by atoms with Crippen LogP contribution >= 0.6 is 0 Å². The molecule has 0 unspecified atom stereocenters. The van der Waals surface area contributed by atoms with E-state index in [1.54, 1.807) is 6.20 Å². The lowest BCUT2D eigenvalue weighted by Crippen LogP contribution is -2.46. The van der Waals surface area contributed by atoms with Crippen LogP contribution in [0.4, 0.5) is 5.95 Å². The number of carbonyl (C=O) groups excluding carboxylic acids is 1. The average molecular weight is 467 g/mol. The van der Waals surface area contributed by atoms with Crippen molar-refractivity contribution in [1.82, 2.24) is 15.3 Å². The molecule has 2 aromatic rings. The van der Waals surface area contributed by atoms with Gasteiger partial charge in [0.15, 0.2) is 0 Å². The predicted molar refractivity (Wildman–Crippen MR) is 124 cm³/mol. The van der Waals surface area contributed by atoms with E-state index in [2.05, 4.69) is 20.6 Å². The third-order valence-electron chi connectivity index (χ3n) is 7.17. The summed E-state index contributed by atoms with van der Waals surface area (Å²) in [6.45, 7) is 0.777. The number of aliphatic carboxylic acids is 1. The number of aromatic nitrogens is 2. The van der Waals surface area contributed by atoms with E-state index in [1.165, 1.54) is 0 Å². The highest BCUT2D eigenvalue weighted by Crippen LogP contribution is 2.44. The summed E-state index contributed by atoms with van der Waals surface area (Å²) in [4.78, 5) is 33.1. The number of ether oxygens (including phenoxy) is 2. The molecule has 1 saturated carbocycles. The van der Waals surface area contributed by atoms with Crippen molar-refractivity contribution in [3.8, 4) is 11.3 Å². The number of anilines is 1. The van der Waals surface area contributed by atoms with Crippen LogP contribution in [0.15, 0.2) is 42.6 Å². The van der Waals surface area contributed by atoms with Crippen molar-refractivity contribution in [2.75, 3.05) is 18.5 Å². The molecule has 1 aliphatic carbocycles. The fourth-order valence-corrected chi connectivity index (χ4v) is 5.57. The Kier molecular flexibility index (Phi) is 6.47. The molecular weight excluding hydrogens is 436 g/mol. The van der Waals surface area contributed by atoms with Crippen LogP contribution in [0.1, 0.15) is 38.5 Å². The zero-order valence-corrected chi connectivity index (χ0v) is 19.0. The van der Waals surface area contributed by atoms with Gasteiger partial charge in [0, 0.05) is 18.2 Å². The molecule has 180 valence electrons. The summed E-state index contributed by atoms with van der Waals surface area (Å²) in [6, 6.07) is 11.4. The van der Waals surface area contributed by atoms with Gasteiger partial charge in [-0.1, -0.05) is 43.2 Å². The second-order valence-electron chi connectivity index (χ2n) is 9.61. The highest BCUT2D eigenvalue weighted by molar-refractivity contribution is 5.78. The molecule has 2 aliphatic heterocycles. The Morgan fingerprint density at radius 2 is 1.71 bits per heavy atom. The minimum absolute atomic E-state index is 0.0399. The maximum atomic E-state index is 12.8. The fraction of sp³-hybridized carbons (Fsp3) is 0.520. The number of carbonyl (C=O) groups is 2. The van der Waals surface area contributed by atoms with Crippen molar-refractivity contribution < 1.29 is 24.2 Å². The minimum Gasteiger partial charge on any atom is -0.481 e. The minimum atomic E-state index is -0.842. The molecule has 2 saturated heterocycles. The first kappa shape index (κ1) is 22.7. The lowest BCUT2D eigenvalue weighted by atomic mass is 9.79. The van der Waals surface area contributed by atoms with Gasteiger partial charge in [-0.05, 0) is 24.3 Å². The Hall–Kier alpha value is -3.04. The zero-order valence-electron chi connectivity index (χ0n) is 19.0. The van der Waals surface area contributed by atoms with Gasteiger partial charge < -0.3 is 25.2 Å². The van der Waals surface area contributed by atoms with Crippen molar-refractivity contribution in [3.05, 3.63) is 42.6 Å². The lowest BCUT2D eigenvalue weighted by molar-refractivity contribution is -0.140. The van der Waals surface area contributed by atoms with Crippen molar-refractivity contribution in [2.24, 2.45) is 5.41 Å². The molecule has 1 aromatic heterocycles. The van der Waals surface area contributed by atoms with Gasteiger partial charge in [0.25, 0.3) is 0 Å². The largest absolute Gasteiger partial charge is 0.481 e. The van der Waals surface area contributed by atoms with E-state index in [1.807, 2.05) is 36.4 Å². The first-order valence-electron chi connectivity index (χ1n) is 11.9. The van der Waals surface area contributed by atoms with Gasteiger partial charge in [0.2, 0.25) is 11.9 Å². The third-order valence-corrected chi connectivity index (χ3v) is 7.17. The van der Waals surface area contributed by atoms with Gasteiger partial charge >= 0.3 is 5.97 Å². The number of hydrogen-bond acceptors (Lipinski definition) is 7. The molecular formula is C25H30N4O5. The number of carboxylic acids is 1. The first-order chi connectivity index (χ1) is 16.5. The van der Waals surface area contributed by atoms with Crippen LogP contribution in [0, 0.1) is 5.41 Å². The molecule has 34 heavy (non-hydrogen) atoms.